The van der Waals surface area contributed by atoms with Crippen LogP contribution in [0.1, 0.15) is 12.0 Å². The van der Waals surface area contributed by atoms with Crippen LogP contribution in [-0.2, 0) is 11.2 Å². The standard InChI is InChI=1S/C12H14N2O/c13-10-5-9(10)7-14-11-4-2-1-3-8(11)6-12(14)15/h1-4,9-10H,5-7,13H2/t9-,10+/m1/s1. The highest BCUT2D eigenvalue weighted by Gasteiger charge is 2.38. The van der Waals surface area contributed by atoms with Gasteiger partial charge in [-0.3, -0.25) is 4.79 Å². The lowest BCUT2D eigenvalue weighted by Crippen LogP contribution is -2.30. The van der Waals surface area contributed by atoms with Crippen LogP contribution >= 0.6 is 0 Å². The summed E-state index contributed by atoms with van der Waals surface area (Å²) in [6.45, 7) is 0.803. The Morgan fingerprint density at radius 2 is 2.13 bits per heavy atom. The van der Waals surface area contributed by atoms with Crippen LogP contribution < -0.4 is 10.6 Å². The van der Waals surface area contributed by atoms with Crippen molar-refractivity contribution in [3.63, 3.8) is 0 Å². The molecule has 0 spiro atoms. The lowest BCUT2D eigenvalue weighted by atomic mass is 10.2. The van der Waals surface area contributed by atoms with Crippen molar-refractivity contribution in [2.75, 3.05) is 11.4 Å². The van der Waals surface area contributed by atoms with Crippen molar-refractivity contribution >= 4 is 11.6 Å². The third-order valence-corrected chi connectivity index (χ3v) is 3.32. The molecule has 1 aliphatic heterocycles. The number of rotatable bonds is 2. The predicted molar refractivity (Wildman–Crippen MR) is 58.6 cm³/mol. The van der Waals surface area contributed by atoms with E-state index in [1.807, 2.05) is 29.2 Å². The number of nitrogens with two attached hydrogens (primary N) is 1. The van der Waals surface area contributed by atoms with Gasteiger partial charge in [0, 0.05) is 18.3 Å². The molecule has 1 amide bonds. The maximum Gasteiger partial charge on any atom is 0.231 e. The Bertz CT molecular complexity index is 416. The van der Waals surface area contributed by atoms with Crippen LogP contribution in [0, 0.1) is 5.92 Å². The van der Waals surface area contributed by atoms with Crippen LogP contribution in [0.3, 0.4) is 0 Å². The highest BCUT2D eigenvalue weighted by Crippen LogP contribution is 2.34. The fourth-order valence-electron chi connectivity index (χ4n) is 2.23. The smallest absolute Gasteiger partial charge is 0.231 e. The minimum Gasteiger partial charge on any atom is -0.327 e. The maximum atomic E-state index is 11.8. The minimum absolute atomic E-state index is 0.218. The lowest BCUT2D eigenvalue weighted by Gasteiger charge is -2.16. The first-order valence-electron chi connectivity index (χ1n) is 5.39. The molecule has 1 heterocycles. The summed E-state index contributed by atoms with van der Waals surface area (Å²) in [5.41, 5.74) is 8.01. The van der Waals surface area contributed by atoms with E-state index in [9.17, 15) is 4.79 Å². The number of benzene rings is 1. The third-order valence-electron chi connectivity index (χ3n) is 3.32. The van der Waals surface area contributed by atoms with E-state index in [0.717, 1.165) is 24.2 Å². The second kappa shape index (κ2) is 3.07. The molecule has 3 nitrogen and oxygen atoms in total. The number of anilines is 1. The molecule has 2 atom stereocenters. The number of amides is 1. The minimum atomic E-state index is 0.218. The van der Waals surface area contributed by atoms with Gasteiger partial charge in [0.2, 0.25) is 5.91 Å². The van der Waals surface area contributed by atoms with Crippen LogP contribution in [0.2, 0.25) is 0 Å². The molecule has 1 aliphatic carbocycles. The first kappa shape index (κ1) is 8.92. The van der Waals surface area contributed by atoms with E-state index in [1.165, 1.54) is 0 Å². The number of carbonyl (C=O) groups is 1. The molecule has 1 aromatic carbocycles. The zero-order valence-corrected chi connectivity index (χ0v) is 8.52. The first-order chi connectivity index (χ1) is 7.25. The highest BCUT2D eigenvalue weighted by atomic mass is 16.2. The summed E-state index contributed by atoms with van der Waals surface area (Å²) in [5.74, 6) is 0.732. The Hall–Kier alpha value is -1.35. The van der Waals surface area contributed by atoms with Gasteiger partial charge in [0.25, 0.3) is 0 Å². The number of nitrogens with zero attached hydrogens (tertiary/aromatic N) is 1. The van der Waals surface area contributed by atoms with E-state index in [1.54, 1.807) is 0 Å². The normalized spacial score (nSPS) is 28.1. The van der Waals surface area contributed by atoms with Crippen molar-refractivity contribution in [1.82, 2.24) is 0 Å². The van der Waals surface area contributed by atoms with Crippen LogP contribution in [0.5, 0.6) is 0 Å². The quantitative estimate of drug-likeness (QED) is 0.775. The molecule has 2 N–H and O–H groups in total. The van der Waals surface area contributed by atoms with E-state index in [-0.39, 0.29) is 5.91 Å². The average Bonchev–Trinajstić information content (AvgIpc) is 2.82. The van der Waals surface area contributed by atoms with E-state index in [2.05, 4.69) is 0 Å². The number of hydrogen-bond donors (Lipinski definition) is 1. The molecule has 3 heteroatoms. The van der Waals surface area contributed by atoms with Gasteiger partial charge >= 0.3 is 0 Å². The molecule has 3 rings (SSSR count). The Morgan fingerprint density at radius 1 is 1.40 bits per heavy atom. The summed E-state index contributed by atoms with van der Waals surface area (Å²) in [7, 11) is 0. The summed E-state index contributed by atoms with van der Waals surface area (Å²) < 4.78 is 0. The van der Waals surface area contributed by atoms with Crippen LogP contribution in [0.15, 0.2) is 24.3 Å². The Morgan fingerprint density at radius 3 is 2.87 bits per heavy atom. The van der Waals surface area contributed by atoms with Gasteiger partial charge in [-0.05, 0) is 24.0 Å². The summed E-state index contributed by atoms with van der Waals surface area (Å²) in [4.78, 5) is 13.7. The zero-order chi connectivity index (χ0) is 10.4. The molecule has 1 saturated carbocycles. The van der Waals surface area contributed by atoms with Crippen LogP contribution in [0.4, 0.5) is 5.69 Å². The molecule has 0 bridgehead atoms. The van der Waals surface area contributed by atoms with Crippen LogP contribution in [-0.4, -0.2) is 18.5 Å². The second-order valence-corrected chi connectivity index (χ2v) is 4.47. The lowest BCUT2D eigenvalue weighted by molar-refractivity contribution is -0.117. The van der Waals surface area contributed by atoms with Crippen molar-refractivity contribution in [3.8, 4) is 0 Å². The molecule has 0 saturated heterocycles. The van der Waals surface area contributed by atoms with E-state index in [0.29, 0.717) is 18.4 Å². The molecular formula is C12H14N2O. The number of fused-ring (bicyclic) bond motifs is 1. The largest absolute Gasteiger partial charge is 0.327 e. The van der Waals surface area contributed by atoms with Crippen molar-refractivity contribution in [1.29, 1.82) is 0 Å². The van der Waals surface area contributed by atoms with Gasteiger partial charge in [0.15, 0.2) is 0 Å². The molecular weight excluding hydrogens is 188 g/mol. The molecule has 15 heavy (non-hydrogen) atoms. The Labute approximate surface area is 88.9 Å². The summed E-state index contributed by atoms with van der Waals surface area (Å²) in [5, 5.41) is 0. The van der Waals surface area contributed by atoms with Gasteiger partial charge in [-0.1, -0.05) is 18.2 Å². The van der Waals surface area contributed by atoms with Crippen molar-refractivity contribution in [3.05, 3.63) is 29.8 Å². The molecule has 0 radical (unpaired) electrons. The van der Waals surface area contributed by atoms with E-state index >= 15 is 0 Å². The van der Waals surface area contributed by atoms with Crippen molar-refractivity contribution in [2.45, 2.75) is 18.9 Å². The maximum absolute atomic E-state index is 11.8. The predicted octanol–water partition coefficient (Wildman–Crippen LogP) is 0.923. The molecule has 0 aromatic heterocycles. The Balaban J connectivity index is 1.86. The van der Waals surface area contributed by atoms with Gasteiger partial charge < -0.3 is 10.6 Å². The second-order valence-electron chi connectivity index (χ2n) is 4.47. The molecule has 1 aromatic rings. The van der Waals surface area contributed by atoms with E-state index < -0.39 is 0 Å². The summed E-state index contributed by atoms with van der Waals surface area (Å²) in [6.07, 6.45) is 1.62. The molecule has 78 valence electrons. The van der Waals surface area contributed by atoms with Crippen molar-refractivity contribution < 1.29 is 4.79 Å². The van der Waals surface area contributed by atoms with Crippen molar-refractivity contribution in [2.24, 2.45) is 11.7 Å². The molecule has 2 aliphatic rings. The fraction of sp³-hybridized carbons (Fsp3) is 0.417. The number of hydrogen-bond acceptors (Lipinski definition) is 2. The van der Waals surface area contributed by atoms with Gasteiger partial charge in [-0.15, -0.1) is 0 Å². The molecule has 0 unspecified atom stereocenters. The summed E-state index contributed by atoms with van der Waals surface area (Å²) in [6, 6.07) is 8.33. The highest BCUT2D eigenvalue weighted by molar-refractivity contribution is 6.01. The van der Waals surface area contributed by atoms with Gasteiger partial charge in [-0.2, -0.15) is 0 Å². The van der Waals surface area contributed by atoms with Gasteiger partial charge in [-0.25, -0.2) is 0 Å². The Kier molecular flexibility index (Phi) is 1.83. The topological polar surface area (TPSA) is 46.3 Å². The van der Waals surface area contributed by atoms with Gasteiger partial charge in [0.05, 0.1) is 6.42 Å². The first-order valence-corrected chi connectivity index (χ1v) is 5.39. The fourth-order valence-corrected chi connectivity index (χ4v) is 2.23. The van der Waals surface area contributed by atoms with Gasteiger partial charge in [0.1, 0.15) is 0 Å². The van der Waals surface area contributed by atoms with E-state index in [4.69, 9.17) is 5.73 Å². The average molecular weight is 202 g/mol. The monoisotopic (exact) mass is 202 g/mol. The number of carbonyl (C=O) groups excluding carboxylic acids is 1. The zero-order valence-electron chi connectivity index (χ0n) is 8.52. The third kappa shape index (κ3) is 1.43. The van der Waals surface area contributed by atoms with Crippen LogP contribution in [0.25, 0.3) is 0 Å². The summed E-state index contributed by atoms with van der Waals surface area (Å²) >= 11 is 0. The SMILES string of the molecule is N[C@H]1C[C@@H]1CN1C(=O)Cc2ccccc21. The number of para-hydroxylation sites is 1. The molecule has 1 fully saturated rings.